The second kappa shape index (κ2) is 7.26. The van der Waals surface area contributed by atoms with Crippen molar-refractivity contribution >= 4 is 22.4 Å². The molecule has 1 saturated carbocycles. The van der Waals surface area contributed by atoms with Crippen LogP contribution in [0.4, 0.5) is 0 Å². The highest BCUT2D eigenvalue weighted by molar-refractivity contribution is 6.02. The molecule has 1 aliphatic carbocycles. The molecule has 0 aromatic heterocycles. The number of rotatable bonds is 3. The van der Waals surface area contributed by atoms with Crippen LogP contribution in [0.3, 0.4) is 0 Å². The van der Waals surface area contributed by atoms with Crippen LogP contribution in [0.5, 0.6) is 5.75 Å². The van der Waals surface area contributed by atoms with Crippen molar-refractivity contribution in [3.63, 3.8) is 0 Å². The molecule has 0 spiro atoms. The number of phenols is 1. The maximum absolute atomic E-state index is 12.5. The van der Waals surface area contributed by atoms with Gasteiger partial charge in [0.1, 0.15) is 5.75 Å². The average Bonchev–Trinajstić information content (AvgIpc) is 2.58. The zero-order chi connectivity index (χ0) is 18.0. The molecule has 4 heteroatoms. The van der Waals surface area contributed by atoms with E-state index in [1.54, 1.807) is 12.1 Å². The summed E-state index contributed by atoms with van der Waals surface area (Å²) < 4.78 is 0. The summed E-state index contributed by atoms with van der Waals surface area (Å²) in [5.74, 6) is 1.14. The van der Waals surface area contributed by atoms with Gasteiger partial charge in [-0.2, -0.15) is 5.10 Å². The highest BCUT2D eigenvalue weighted by atomic mass is 16.3. The van der Waals surface area contributed by atoms with Crippen LogP contribution in [0.2, 0.25) is 0 Å². The first-order valence-corrected chi connectivity index (χ1v) is 9.04. The number of hydrogen-bond donors (Lipinski definition) is 2. The molecule has 25 heavy (non-hydrogen) atoms. The number of carbonyl (C=O) groups excluding carboxylic acids is 1. The first-order chi connectivity index (χ1) is 12.0. The highest BCUT2D eigenvalue weighted by Crippen LogP contribution is 2.31. The van der Waals surface area contributed by atoms with Crippen LogP contribution in [0, 0.1) is 17.8 Å². The van der Waals surface area contributed by atoms with E-state index in [1.807, 2.05) is 24.3 Å². The maximum Gasteiger partial charge on any atom is 0.275 e. The van der Waals surface area contributed by atoms with Crippen molar-refractivity contribution in [2.75, 3.05) is 0 Å². The van der Waals surface area contributed by atoms with Gasteiger partial charge >= 0.3 is 0 Å². The van der Waals surface area contributed by atoms with E-state index in [2.05, 4.69) is 31.3 Å². The molecule has 0 saturated heterocycles. The molecule has 0 aliphatic heterocycles. The number of carbonyl (C=O) groups is 1. The monoisotopic (exact) mass is 338 g/mol. The molecule has 0 radical (unpaired) electrons. The zero-order valence-corrected chi connectivity index (χ0v) is 15.1. The summed E-state index contributed by atoms with van der Waals surface area (Å²) in [6, 6.07) is 11.0. The number of aromatic hydroxyl groups is 1. The SMILES string of the molecule is CC(C)[C@H]1CC[C@H](C)C/C1=N/NC(=O)c1cc2ccccc2cc1O. The molecule has 1 amide bonds. The van der Waals surface area contributed by atoms with Crippen molar-refractivity contribution in [3.05, 3.63) is 42.0 Å². The van der Waals surface area contributed by atoms with Crippen LogP contribution < -0.4 is 5.43 Å². The largest absolute Gasteiger partial charge is 0.507 e. The summed E-state index contributed by atoms with van der Waals surface area (Å²) in [5.41, 5.74) is 4.00. The first-order valence-electron chi connectivity index (χ1n) is 9.04. The van der Waals surface area contributed by atoms with Crippen LogP contribution in [0.25, 0.3) is 10.8 Å². The number of hydrazone groups is 1. The summed E-state index contributed by atoms with van der Waals surface area (Å²) in [4.78, 5) is 12.5. The summed E-state index contributed by atoms with van der Waals surface area (Å²) >= 11 is 0. The fraction of sp³-hybridized carbons (Fsp3) is 0.429. The Bertz CT molecular complexity index is 811. The number of fused-ring (bicyclic) bond motifs is 1. The van der Waals surface area contributed by atoms with E-state index in [0.29, 0.717) is 17.8 Å². The van der Waals surface area contributed by atoms with Gasteiger partial charge in [0.15, 0.2) is 0 Å². The summed E-state index contributed by atoms with van der Waals surface area (Å²) in [5, 5.41) is 16.5. The van der Waals surface area contributed by atoms with Gasteiger partial charge < -0.3 is 5.11 Å². The fourth-order valence-corrected chi connectivity index (χ4v) is 3.68. The van der Waals surface area contributed by atoms with E-state index in [0.717, 1.165) is 29.3 Å². The van der Waals surface area contributed by atoms with Crippen LogP contribution in [0.1, 0.15) is 50.4 Å². The van der Waals surface area contributed by atoms with Crippen LogP contribution in [-0.4, -0.2) is 16.7 Å². The molecule has 0 unspecified atom stereocenters. The smallest absolute Gasteiger partial charge is 0.275 e. The topological polar surface area (TPSA) is 61.7 Å². The summed E-state index contributed by atoms with van der Waals surface area (Å²) in [7, 11) is 0. The fourth-order valence-electron chi connectivity index (χ4n) is 3.68. The molecule has 2 aromatic rings. The standard InChI is InChI=1S/C21H26N2O2/c1-13(2)17-9-8-14(3)10-19(17)22-23-21(25)18-11-15-6-4-5-7-16(15)12-20(18)24/h4-7,11-14,17,24H,8-10H2,1-3H3,(H,23,25)/b22-19-/t14-,17+/m0/s1. The zero-order valence-electron chi connectivity index (χ0n) is 15.1. The van der Waals surface area contributed by atoms with Gasteiger partial charge in [0, 0.05) is 11.6 Å². The minimum absolute atomic E-state index is 0.0196. The third kappa shape index (κ3) is 3.84. The van der Waals surface area contributed by atoms with Crippen LogP contribution >= 0.6 is 0 Å². The Kier molecular flexibility index (Phi) is 5.07. The second-order valence-corrected chi connectivity index (χ2v) is 7.50. The molecule has 2 N–H and O–H groups in total. The van der Waals surface area contributed by atoms with E-state index in [-0.39, 0.29) is 17.2 Å². The molecule has 1 fully saturated rings. The maximum atomic E-state index is 12.5. The molecule has 3 rings (SSSR count). The van der Waals surface area contributed by atoms with Gasteiger partial charge in [0.25, 0.3) is 5.91 Å². The van der Waals surface area contributed by atoms with E-state index >= 15 is 0 Å². The van der Waals surface area contributed by atoms with Crippen molar-refractivity contribution in [1.29, 1.82) is 0 Å². The molecule has 0 bridgehead atoms. The van der Waals surface area contributed by atoms with Crippen LogP contribution in [0.15, 0.2) is 41.5 Å². The van der Waals surface area contributed by atoms with Gasteiger partial charge in [0.2, 0.25) is 0 Å². The Morgan fingerprint density at radius 1 is 1.20 bits per heavy atom. The van der Waals surface area contributed by atoms with Crippen molar-refractivity contribution in [1.82, 2.24) is 5.43 Å². The quantitative estimate of drug-likeness (QED) is 0.795. The van der Waals surface area contributed by atoms with E-state index in [1.165, 1.54) is 6.42 Å². The predicted molar refractivity (Wildman–Crippen MR) is 102 cm³/mol. The van der Waals surface area contributed by atoms with E-state index in [9.17, 15) is 9.90 Å². The van der Waals surface area contributed by atoms with Crippen molar-refractivity contribution in [2.45, 2.75) is 40.0 Å². The molecule has 4 nitrogen and oxygen atoms in total. The van der Waals surface area contributed by atoms with Gasteiger partial charge in [0.05, 0.1) is 5.56 Å². The number of phenolic OH excluding ortho intramolecular Hbond substituents is 1. The lowest BCUT2D eigenvalue weighted by atomic mass is 9.76. The van der Waals surface area contributed by atoms with Gasteiger partial charge in [-0.05, 0) is 54.0 Å². The molecule has 2 aromatic carbocycles. The highest BCUT2D eigenvalue weighted by Gasteiger charge is 2.27. The van der Waals surface area contributed by atoms with Crippen molar-refractivity contribution in [2.24, 2.45) is 22.9 Å². The minimum atomic E-state index is -0.364. The Labute approximate surface area is 148 Å². The van der Waals surface area contributed by atoms with Crippen molar-refractivity contribution < 1.29 is 9.90 Å². The van der Waals surface area contributed by atoms with E-state index < -0.39 is 0 Å². The van der Waals surface area contributed by atoms with Crippen LogP contribution in [-0.2, 0) is 0 Å². The Morgan fingerprint density at radius 3 is 2.56 bits per heavy atom. The number of nitrogens with zero attached hydrogens (tertiary/aromatic N) is 1. The number of amides is 1. The molecular formula is C21H26N2O2. The minimum Gasteiger partial charge on any atom is -0.507 e. The molecule has 0 heterocycles. The normalized spacial score (nSPS) is 22.5. The molecule has 132 valence electrons. The first kappa shape index (κ1) is 17.5. The number of nitrogens with one attached hydrogen (secondary N) is 1. The van der Waals surface area contributed by atoms with Gasteiger partial charge in [-0.25, -0.2) is 5.43 Å². The number of benzene rings is 2. The third-order valence-corrected chi connectivity index (χ3v) is 5.17. The van der Waals surface area contributed by atoms with Gasteiger partial charge in [-0.1, -0.05) is 45.0 Å². The molecule has 2 atom stereocenters. The second-order valence-electron chi connectivity index (χ2n) is 7.50. The average molecular weight is 338 g/mol. The molecule has 1 aliphatic rings. The lowest BCUT2D eigenvalue weighted by Gasteiger charge is -2.30. The lowest BCUT2D eigenvalue weighted by molar-refractivity contribution is 0.0951. The third-order valence-electron chi connectivity index (χ3n) is 5.17. The van der Waals surface area contributed by atoms with Gasteiger partial charge in [-0.15, -0.1) is 0 Å². The molecular weight excluding hydrogens is 312 g/mol. The number of hydrogen-bond acceptors (Lipinski definition) is 3. The van der Waals surface area contributed by atoms with Crippen molar-refractivity contribution in [3.8, 4) is 5.75 Å². The summed E-state index contributed by atoms with van der Waals surface area (Å²) in [6.45, 7) is 6.63. The lowest BCUT2D eigenvalue weighted by Crippen LogP contribution is -2.31. The Hall–Kier alpha value is -2.36. The summed E-state index contributed by atoms with van der Waals surface area (Å²) in [6.07, 6.45) is 3.25. The Morgan fingerprint density at radius 2 is 1.88 bits per heavy atom. The van der Waals surface area contributed by atoms with Gasteiger partial charge in [-0.3, -0.25) is 4.79 Å². The van der Waals surface area contributed by atoms with E-state index in [4.69, 9.17) is 0 Å². The predicted octanol–water partition coefficient (Wildman–Crippen LogP) is 4.72. The Balaban J connectivity index is 1.82.